The third-order valence-corrected chi connectivity index (χ3v) is 3.51. The van der Waals surface area contributed by atoms with Crippen molar-refractivity contribution in [1.82, 2.24) is 25.2 Å². The fourth-order valence-corrected chi connectivity index (χ4v) is 2.47. The molecule has 3 heterocycles. The predicted molar refractivity (Wildman–Crippen MR) is 71.0 cm³/mol. The monoisotopic (exact) mass is 259 g/mol. The number of carbonyl (C=O) groups is 1. The molecule has 1 fully saturated rings. The van der Waals surface area contributed by atoms with Crippen LogP contribution in [0.3, 0.4) is 0 Å². The van der Waals surface area contributed by atoms with Crippen LogP contribution in [0.1, 0.15) is 29.6 Å². The third-order valence-electron chi connectivity index (χ3n) is 3.51. The summed E-state index contributed by atoms with van der Waals surface area (Å²) in [5.74, 6) is -0.0824. The first kappa shape index (κ1) is 12.1. The van der Waals surface area contributed by atoms with Gasteiger partial charge in [0.15, 0.2) is 0 Å². The molecule has 19 heavy (non-hydrogen) atoms. The summed E-state index contributed by atoms with van der Waals surface area (Å²) in [6.07, 6.45) is 10.0. The minimum absolute atomic E-state index is 0.0824. The second-order valence-corrected chi connectivity index (χ2v) is 4.80. The van der Waals surface area contributed by atoms with Crippen LogP contribution in [0.2, 0.25) is 0 Å². The molecule has 1 aliphatic rings. The van der Waals surface area contributed by atoms with Crippen molar-refractivity contribution in [2.75, 3.05) is 13.1 Å². The predicted octanol–water partition coefficient (Wildman–Crippen LogP) is 0.601. The zero-order valence-electron chi connectivity index (χ0n) is 10.7. The van der Waals surface area contributed by atoms with Gasteiger partial charge < -0.3 is 10.6 Å². The van der Waals surface area contributed by atoms with Crippen LogP contribution in [0.4, 0.5) is 0 Å². The number of hydrogen-bond donors (Lipinski definition) is 2. The van der Waals surface area contributed by atoms with Crippen LogP contribution in [0, 0.1) is 0 Å². The Morgan fingerprint density at radius 1 is 1.53 bits per heavy atom. The van der Waals surface area contributed by atoms with Crippen LogP contribution in [0.5, 0.6) is 0 Å². The molecule has 0 radical (unpaired) electrons. The van der Waals surface area contributed by atoms with Crippen molar-refractivity contribution >= 4 is 11.4 Å². The number of nitrogens with zero attached hydrogens (tertiary/aromatic N) is 3. The number of carbonyl (C=O) groups excluding carboxylic acids is 1. The van der Waals surface area contributed by atoms with Gasteiger partial charge in [0, 0.05) is 25.0 Å². The fourth-order valence-electron chi connectivity index (χ4n) is 2.47. The molecule has 6 heteroatoms. The van der Waals surface area contributed by atoms with Crippen molar-refractivity contribution < 1.29 is 4.79 Å². The molecule has 0 bridgehead atoms. The van der Waals surface area contributed by atoms with Gasteiger partial charge in [0.2, 0.25) is 0 Å². The molecule has 2 aromatic rings. The van der Waals surface area contributed by atoms with Crippen molar-refractivity contribution in [3.8, 4) is 0 Å². The summed E-state index contributed by atoms with van der Waals surface area (Å²) in [6.45, 7) is 1.78. The Labute approximate surface area is 111 Å². The molecule has 0 aliphatic carbocycles. The maximum absolute atomic E-state index is 12.1. The van der Waals surface area contributed by atoms with E-state index in [2.05, 4.69) is 20.7 Å². The van der Waals surface area contributed by atoms with Crippen LogP contribution < -0.4 is 10.6 Å². The molecule has 1 saturated heterocycles. The number of rotatable bonds is 4. The average Bonchev–Trinajstić information content (AvgIpc) is 3.07. The van der Waals surface area contributed by atoms with Crippen molar-refractivity contribution in [3.63, 3.8) is 0 Å². The topological polar surface area (TPSA) is 71.3 Å². The molecule has 0 unspecified atom stereocenters. The van der Waals surface area contributed by atoms with Crippen molar-refractivity contribution in [2.45, 2.75) is 25.3 Å². The van der Waals surface area contributed by atoms with Crippen LogP contribution in [-0.4, -0.2) is 39.6 Å². The Kier molecular flexibility index (Phi) is 3.41. The first-order valence-electron chi connectivity index (χ1n) is 6.63. The van der Waals surface area contributed by atoms with E-state index < -0.39 is 0 Å². The summed E-state index contributed by atoms with van der Waals surface area (Å²) in [5, 5.41) is 10.5. The highest BCUT2D eigenvalue weighted by Gasteiger charge is 2.15. The van der Waals surface area contributed by atoms with Crippen LogP contribution in [-0.2, 0) is 0 Å². The van der Waals surface area contributed by atoms with Crippen molar-refractivity contribution in [3.05, 3.63) is 30.4 Å². The van der Waals surface area contributed by atoms with E-state index in [9.17, 15) is 4.79 Å². The average molecular weight is 259 g/mol. The maximum atomic E-state index is 12.1. The van der Waals surface area contributed by atoms with Gasteiger partial charge in [-0.1, -0.05) is 0 Å². The lowest BCUT2D eigenvalue weighted by Gasteiger charge is -2.10. The zero-order chi connectivity index (χ0) is 13.1. The van der Waals surface area contributed by atoms with Crippen LogP contribution in [0.25, 0.3) is 5.52 Å². The lowest BCUT2D eigenvalue weighted by atomic mass is 10.1. The second-order valence-electron chi connectivity index (χ2n) is 4.80. The molecule has 1 amide bonds. The highest BCUT2D eigenvalue weighted by molar-refractivity contribution is 6.00. The van der Waals surface area contributed by atoms with E-state index in [1.165, 1.54) is 12.8 Å². The van der Waals surface area contributed by atoms with Crippen LogP contribution in [0.15, 0.2) is 24.8 Å². The molecule has 2 aromatic heterocycles. The molecule has 3 rings (SSSR count). The van der Waals surface area contributed by atoms with Crippen LogP contribution >= 0.6 is 0 Å². The largest absolute Gasteiger partial charge is 0.352 e. The van der Waals surface area contributed by atoms with Gasteiger partial charge in [0.1, 0.15) is 0 Å². The molecule has 1 atom stereocenters. The number of fused-ring (bicyclic) bond motifs is 1. The molecule has 100 valence electrons. The van der Waals surface area contributed by atoms with E-state index in [-0.39, 0.29) is 5.91 Å². The SMILES string of the molecule is O=C(NCC[C@H]1CCCN1)c1cnn2ccncc12. The zero-order valence-corrected chi connectivity index (χ0v) is 10.7. The van der Waals surface area contributed by atoms with Gasteiger partial charge in [0.05, 0.1) is 23.5 Å². The minimum Gasteiger partial charge on any atom is -0.352 e. The number of hydrogen-bond acceptors (Lipinski definition) is 4. The summed E-state index contributed by atoms with van der Waals surface area (Å²) in [4.78, 5) is 16.1. The Morgan fingerprint density at radius 2 is 2.47 bits per heavy atom. The quantitative estimate of drug-likeness (QED) is 0.843. The van der Waals surface area contributed by atoms with E-state index >= 15 is 0 Å². The van der Waals surface area contributed by atoms with Gasteiger partial charge in [-0.25, -0.2) is 4.52 Å². The molecule has 2 N–H and O–H groups in total. The second kappa shape index (κ2) is 5.36. The highest BCUT2D eigenvalue weighted by atomic mass is 16.1. The molecule has 1 aliphatic heterocycles. The van der Waals surface area contributed by atoms with E-state index in [1.54, 1.807) is 29.3 Å². The summed E-state index contributed by atoms with van der Waals surface area (Å²) >= 11 is 0. The lowest BCUT2D eigenvalue weighted by molar-refractivity contribution is 0.0954. The van der Waals surface area contributed by atoms with Gasteiger partial charge in [-0.2, -0.15) is 5.10 Å². The first-order chi connectivity index (χ1) is 9.34. The van der Waals surface area contributed by atoms with Gasteiger partial charge in [-0.3, -0.25) is 9.78 Å². The van der Waals surface area contributed by atoms with E-state index in [1.807, 2.05) is 0 Å². The van der Waals surface area contributed by atoms with Crippen molar-refractivity contribution in [2.24, 2.45) is 0 Å². The molecular weight excluding hydrogens is 242 g/mol. The van der Waals surface area contributed by atoms with Gasteiger partial charge >= 0.3 is 0 Å². The molecular formula is C13H17N5O. The van der Waals surface area contributed by atoms with Gasteiger partial charge in [-0.05, 0) is 25.8 Å². The Hall–Kier alpha value is -1.95. The van der Waals surface area contributed by atoms with E-state index in [0.717, 1.165) is 18.5 Å². The summed E-state index contributed by atoms with van der Waals surface area (Å²) in [5.41, 5.74) is 1.31. The summed E-state index contributed by atoms with van der Waals surface area (Å²) in [7, 11) is 0. The van der Waals surface area contributed by atoms with Crippen molar-refractivity contribution in [1.29, 1.82) is 0 Å². The molecule has 0 aromatic carbocycles. The Bertz CT molecular complexity index is 573. The standard InChI is InChI=1S/C13H17N5O/c19-13(16-5-3-10-2-1-4-15-10)11-8-17-18-7-6-14-9-12(11)18/h6-10,15H,1-5H2,(H,16,19)/t10-/m1/s1. The van der Waals surface area contributed by atoms with Gasteiger partial charge in [-0.15, -0.1) is 0 Å². The number of nitrogens with one attached hydrogen (secondary N) is 2. The normalized spacial score (nSPS) is 18.8. The third kappa shape index (κ3) is 2.58. The smallest absolute Gasteiger partial charge is 0.255 e. The Morgan fingerprint density at radius 3 is 3.32 bits per heavy atom. The first-order valence-corrected chi connectivity index (χ1v) is 6.63. The molecule has 0 spiro atoms. The number of aromatic nitrogens is 3. The molecule has 0 saturated carbocycles. The minimum atomic E-state index is -0.0824. The van der Waals surface area contributed by atoms with E-state index in [0.29, 0.717) is 18.2 Å². The lowest BCUT2D eigenvalue weighted by Crippen LogP contribution is -2.30. The maximum Gasteiger partial charge on any atom is 0.255 e. The Balaban J connectivity index is 1.60. The summed E-state index contributed by atoms with van der Waals surface area (Å²) in [6, 6.07) is 0.547. The summed E-state index contributed by atoms with van der Waals surface area (Å²) < 4.78 is 1.65. The number of amides is 1. The fraction of sp³-hybridized carbons (Fsp3) is 0.462. The molecule has 6 nitrogen and oxygen atoms in total. The van der Waals surface area contributed by atoms with Gasteiger partial charge in [0.25, 0.3) is 5.91 Å². The van der Waals surface area contributed by atoms with E-state index in [4.69, 9.17) is 0 Å². The highest BCUT2D eigenvalue weighted by Crippen LogP contribution is 2.10.